The van der Waals surface area contributed by atoms with E-state index in [1.54, 1.807) is 23.5 Å². The van der Waals surface area contributed by atoms with Gasteiger partial charge in [0.25, 0.3) is 15.9 Å². The monoisotopic (exact) mass is 583 g/mol. The molecule has 0 saturated carbocycles. The molecule has 0 bridgehead atoms. The average molecular weight is 584 g/mol. The molecule has 5 nitrogen and oxygen atoms in total. The van der Waals surface area contributed by atoms with Crippen molar-refractivity contribution >= 4 is 88.9 Å². The Morgan fingerprint density at radius 3 is 2.63 bits per heavy atom. The van der Waals surface area contributed by atoms with Gasteiger partial charge in [-0.05, 0) is 65.1 Å². The van der Waals surface area contributed by atoms with Crippen LogP contribution in [-0.2, 0) is 21.2 Å². The summed E-state index contributed by atoms with van der Waals surface area (Å²) in [4.78, 5) is 13.4. The zero-order chi connectivity index (χ0) is 24.3. The van der Waals surface area contributed by atoms with Crippen LogP contribution in [-0.4, -0.2) is 51.0 Å². The fourth-order valence-corrected chi connectivity index (χ4v) is 6.18. The number of fused-ring (bicyclic) bond motifs is 1. The molecule has 0 aliphatic carbocycles. The normalized spacial score (nSPS) is 11.4. The molecule has 0 atom stereocenters. The maximum atomic E-state index is 13.9. The molecule has 35 heavy (non-hydrogen) atoms. The van der Waals surface area contributed by atoms with Crippen LogP contribution >= 0.6 is 27.3 Å². The molecule has 1 amide bonds. The molecule has 0 radical (unpaired) electrons. The van der Waals surface area contributed by atoms with Gasteiger partial charge in [0, 0.05) is 26.5 Å². The van der Waals surface area contributed by atoms with Crippen LogP contribution < -0.4 is 9.46 Å². The zero-order valence-corrected chi connectivity index (χ0v) is 21.1. The number of ether oxygens (including phenoxy) is 1. The van der Waals surface area contributed by atoms with Crippen LogP contribution in [0.3, 0.4) is 0 Å². The summed E-state index contributed by atoms with van der Waals surface area (Å²) < 4.78 is 48.1. The van der Waals surface area contributed by atoms with E-state index < -0.39 is 21.7 Å². The van der Waals surface area contributed by atoms with Crippen molar-refractivity contribution in [3.05, 3.63) is 99.1 Å². The Bertz CT molecular complexity index is 1490. The first-order chi connectivity index (χ1) is 16.2. The second-order valence-corrected chi connectivity index (χ2v) is 11.1. The number of thiophene rings is 1. The molecule has 1 aromatic heterocycles. The third-order valence-corrected chi connectivity index (χ3v) is 7.99. The van der Waals surface area contributed by atoms with Crippen molar-refractivity contribution in [3.63, 3.8) is 0 Å². The van der Waals surface area contributed by atoms with Crippen molar-refractivity contribution in [3.8, 4) is 5.75 Å². The quantitative estimate of drug-likeness (QED) is 0.237. The minimum absolute atomic E-state index is 0. The topological polar surface area (TPSA) is 72.5 Å². The van der Waals surface area contributed by atoms with Gasteiger partial charge in [-0.15, -0.1) is 11.3 Å². The maximum absolute atomic E-state index is 13.9. The Balaban J connectivity index is 0.00000342. The Hall–Kier alpha value is -2.01. The standard InChI is InChI=1S/C25H19BrFNO4S2.Na.H/c1-32-22-10-8-19(26)15-24(22)34(30,31)28-25(29)11-7-16-12-20(27)9-6-17(16)13-21-14-18-4-2-3-5-23(18)33-21;;/h2-12,14-15H,13H2,1H3,(H,28,29);;/b11-7+;;. The fraction of sp³-hybridized carbons (Fsp3) is 0.0800. The molecular formula is C25H20BrFNNaO4S2. The van der Waals surface area contributed by atoms with Gasteiger partial charge in [-0.3, -0.25) is 4.79 Å². The van der Waals surface area contributed by atoms with Gasteiger partial charge in [-0.1, -0.05) is 40.2 Å². The molecular weight excluding hydrogens is 564 g/mol. The number of rotatable bonds is 7. The van der Waals surface area contributed by atoms with Crippen LogP contribution in [0.2, 0.25) is 0 Å². The van der Waals surface area contributed by atoms with Gasteiger partial charge >= 0.3 is 29.6 Å². The summed E-state index contributed by atoms with van der Waals surface area (Å²) in [6, 6.07) is 18.9. The predicted molar refractivity (Wildman–Crippen MR) is 143 cm³/mol. The van der Waals surface area contributed by atoms with Crippen molar-refractivity contribution in [1.29, 1.82) is 0 Å². The second kappa shape index (κ2) is 11.8. The molecule has 1 heterocycles. The van der Waals surface area contributed by atoms with E-state index in [2.05, 4.69) is 22.0 Å². The first-order valence-corrected chi connectivity index (χ1v) is 13.2. The number of benzene rings is 3. The number of hydrogen-bond acceptors (Lipinski definition) is 5. The van der Waals surface area contributed by atoms with E-state index in [-0.39, 0.29) is 40.2 Å². The zero-order valence-electron chi connectivity index (χ0n) is 17.9. The Labute approximate surface area is 237 Å². The van der Waals surface area contributed by atoms with E-state index in [1.807, 2.05) is 29.0 Å². The van der Waals surface area contributed by atoms with Crippen LogP contribution in [0, 0.1) is 5.82 Å². The molecule has 0 unspecified atom stereocenters. The molecule has 0 spiro atoms. The molecule has 0 fully saturated rings. The van der Waals surface area contributed by atoms with Crippen molar-refractivity contribution in [1.82, 2.24) is 4.72 Å². The molecule has 0 aliphatic rings. The predicted octanol–water partition coefficient (Wildman–Crippen LogP) is 5.27. The van der Waals surface area contributed by atoms with E-state index in [1.165, 1.54) is 37.5 Å². The molecule has 4 aromatic rings. The van der Waals surface area contributed by atoms with E-state index in [0.717, 1.165) is 26.6 Å². The molecule has 1 N–H and O–H groups in total. The molecule has 176 valence electrons. The number of sulfonamides is 1. The van der Waals surface area contributed by atoms with Gasteiger partial charge in [-0.25, -0.2) is 17.5 Å². The second-order valence-electron chi connectivity index (χ2n) is 7.37. The van der Waals surface area contributed by atoms with Crippen molar-refractivity contribution in [2.45, 2.75) is 11.3 Å². The van der Waals surface area contributed by atoms with E-state index in [4.69, 9.17) is 4.74 Å². The molecule has 0 saturated heterocycles. The summed E-state index contributed by atoms with van der Waals surface area (Å²) in [5.74, 6) is -1.21. The average Bonchev–Trinajstić information content (AvgIpc) is 3.21. The van der Waals surface area contributed by atoms with Crippen LogP contribution in [0.5, 0.6) is 5.75 Å². The van der Waals surface area contributed by atoms with E-state index >= 15 is 0 Å². The van der Waals surface area contributed by atoms with Crippen LogP contribution in [0.1, 0.15) is 16.0 Å². The Morgan fingerprint density at radius 1 is 1.11 bits per heavy atom. The summed E-state index contributed by atoms with van der Waals surface area (Å²) in [7, 11) is -2.85. The fourth-order valence-electron chi connectivity index (χ4n) is 3.44. The Morgan fingerprint density at radius 2 is 1.89 bits per heavy atom. The summed E-state index contributed by atoms with van der Waals surface area (Å²) in [6.07, 6.45) is 3.04. The molecule has 4 rings (SSSR count). The summed E-state index contributed by atoms with van der Waals surface area (Å²) in [5.41, 5.74) is 1.30. The molecule has 10 heteroatoms. The van der Waals surface area contributed by atoms with Crippen molar-refractivity contribution < 1.29 is 22.3 Å². The first-order valence-electron chi connectivity index (χ1n) is 10.1. The van der Waals surface area contributed by atoms with Gasteiger partial charge in [0.2, 0.25) is 0 Å². The van der Waals surface area contributed by atoms with Crippen molar-refractivity contribution in [2.75, 3.05) is 7.11 Å². The SMILES string of the molecule is COc1ccc(Br)cc1S(=O)(=O)NC(=O)/C=C/c1cc(F)ccc1Cc1cc2ccccc2s1.[NaH]. The molecule has 3 aromatic carbocycles. The number of halogens is 2. The van der Waals surface area contributed by atoms with Gasteiger partial charge in [-0.2, -0.15) is 0 Å². The number of carbonyl (C=O) groups is 1. The first kappa shape index (κ1) is 27.6. The Kier molecular flexibility index (Phi) is 9.31. The van der Waals surface area contributed by atoms with E-state index in [0.29, 0.717) is 16.5 Å². The summed E-state index contributed by atoms with van der Waals surface area (Å²) in [5, 5.41) is 1.13. The van der Waals surface area contributed by atoms with Crippen LogP contribution in [0.4, 0.5) is 4.39 Å². The van der Waals surface area contributed by atoms with Gasteiger partial charge in [0.05, 0.1) is 7.11 Å². The third-order valence-electron chi connectivity index (χ3n) is 5.01. The van der Waals surface area contributed by atoms with Gasteiger partial charge in [0.15, 0.2) is 0 Å². The number of nitrogens with one attached hydrogen (secondary N) is 1. The van der Waals surface area contributed by atoms with Gasteiger partial charge < -0.3 is 4.74 Å². The van der Waals surface area contributed by atoms with E-state index in [9.17, 15) is 17.6 Å². The minimum atomic E-state index is -4.19. The number of methoxy groups -OCH3 is 1. The number of amides is 1. The third kappa shape index (κ3) is 6.81. The summed E-state index contributed by atoms with van der Waals surface area (Å²) in [6.45, 7) is 0. The summed E-state index contributed by atoms with van der Waals surface area (Å²) >= 11 is 4.86. The van der Waals surface area contributed by atoms with Crippen molar-refractivity contribution in [2.24, 2.45) is 0 Å². The number of hydrogen-bond donors (Lipinski definition) is 1. The molecule has 0 aliphatic heterocycles. The van der Waals surface area contributed by atoms with Crippen LogP contribution in [0.25, 0.3) is 16.2 Å². The number of carbonyl (C=O) groups excluding carboxylic acids is 1. The van der Waals surface area contributed by atoms with Gasteiger partial charge in [0.1, 0.15) is 16.5 Å². The van der Waals surface area contributed by atoms with Crippen LogP contribution in [0.15, 0.2) is 82.2 Å².